The summed E-state index contributed by atoms with van der Waals surface area (Å²) < 4.78 is 0. The predicted octanol–water partition coefficient (Wildman–Crippen LogP) is 3.26. The number of nitrogens with one attached hydrogen (secondary N) is 1. The molecule has 0 unspecified atom stereocenters. The van der Waals surface area contributed by atoms with E-state index in [1.165, 1.54) is 12.8 Å². The molecule has 2 amide bonds. The molecule has 0 saturated heterocycles. The molecule has 2 rings (SSSR count). The number of amides is 2. The van der Waals surface area contributed by atoms with E-state index < -0.39 is 0 Å². The molecule has 0 spiro atoms. The molecular weight excluding hydrogens is 288 g/mol. The zero-order valence-electron chi connectivity index (χ0n) is 14.3. The molecule has 1 saturated carbocycles. The molecule has 0 radical (unpaired) electrons. The fraction of sp³-hybridized carbons (Fsp3) is 0.579. The summed E-state index contributed by atoms with van der Waals surface area (Å²) in [5, 5.41) is 3.14. The lowest BCUT2D eigenvalue weighted by atomic mass is 10.1. The Morgan fingerprint density at radius 3 is 2.39 bits per heavy atom. The third kappa shape index (κ3) is 4.81. The van der Waals surface area contributed by atoms with Crippen molar-refractivity contribution in [3.63, 3.8) is 0 Å². The van der Waals surface area contributed by atoms with E-state index >= 15 is 0 Å². The number of hydrogen-bond acceptors (Lipinski definition) is 2. The predicted molar refractivity (Wildman–Crippen MR) is 91.8 cm³/mol. The van der Waals surface area contributed by atoms with E-state index in [4.69, 9.17) is 0 Å². The van der Waals surface area contributed by atoms with Gasteiger partial charge < -0.3 is 10.2 Å². The Morgan fingerprint density at radius 2 is 1.83 bits per heavy atom. The van der Waals surface area contributed by atoms with Gasteiger partial charge in [0.25, 0.3) is 0 Å². The van der Waals surface area contributed by atoms with Crippen molar-refractivity contribution in [2.24, 2.45) is 0 Å². The van der Waals surface area contributed by atoms with Gasteiger partial charge in [0.05, 0.1) is 0 Å². The van der Waals surface area contributed by atoms with Crippen molar-refractivity contribution in [1.29, 1.82) is 0 Å². The summed E-state index contributed by atoms with van der Waals surface area (Å²) >= 11 is 0. The molecule has 1 fully saturated rings. The maximum atomic E-state index is 12.7. The third-order valence-corrected chi connectivity index (χ3v) is 4.59. The largest absolute Gasteiger partial charge is 0.352 e. The van der Waals surface area contributed by atoms with Crippen LogP contribution in [0.1, 0.15) is 57.9 Å². The van der Waals surface area contributed by atoms with Gasteiger partial charge in [0.1, 0.15) is 6.04 Å². The van der Waals surface area contributed by atoms with E-state index in [0.717, 1.165) is 18.4 Å². The molecule has 0 aromatic heterocycles. The molecule has 4 heteroatoms. The van der Waals surface area contributed by atoms with Crippen molar-refractivity contribution >= 4 is 11.8 Å². The van der Waals surface area contributed by atoms with E-state index in [2.05, 4.69) is 5.32 Å². The first-order chi connectivity index (χ1) is 11.2. The average Bonchev–Trinajstić information content (AvgIpc) is 3.07. The van der Waals surface area contributed by atoms with Crippen LogP contribution in [-0.4, -0.2) is 28.8 Å². The van der Waals surface area contributed by atoms with Crippen LogP contribution < -0.4 is 5.32 Å². The lowest BCUT2D eigenvalue weighted by molar-refractivity contribution is -0.141. The molecule has 1 N–H and O–H groups in total. The van der Waals surface area contributed by atoms with Crippen molar-refractivity contribution in [2.75, 3.05) is 0 Å². The van der Waals surface area contributed by atoms with Crippen molar-refractivity contribution in [2.45, 2.75) is 71.0 Å². The Morgan fingerprint density at radius 1 is 1.17 bits per heavy atom. The van der Waals surface area contributed by atoms with E-state index in [1.54, 1.807) is 4.90 Å². The quantitative estimate of drug-likeness (QED) is 0.839. The number of benzene rings is 1. The molecule has 1 aliphatic carbocycles. The zero-order valence-corrected chi connectivity index (χ0v) is 14.3. The van der Waals surface area contributed by atoms with Crippen LogP contribution in [0, 0.1) is 0 Å². The van der Waals surface area contributed by atoms with E-state index in [0.29, 0.717) is 19.4 Å². The minimum atomic E-state index is -0.386. The number of nitrogens with zero attached hydrogens (tertiary/aromatic N) is 1. The van der Waals surface area contributed by atoms with Crippen molar-refractivity contribution in [3.05, 3.63) is 35.9 Å². The molecule has 126 valence electrons. The van der Waals surface area contributed by atoms with Gasteiger partial charge >= 0.3 is 0 Å². The first-order valence-corrected chi connectivity index (χ1v) is 8.79. The highest BCUT2D eigenvalue weighted by Crippen LogP contribution is 2.19. The first kappa shape index (κ1) is 17.5. The smallest absolute Gasteiger partial charge is 0.243 e. The van der Waals surface area contributed by atoms with Gasteiger partial charge in [0, 0.05) is 19.0 Å². The summed E-state index contributed by atoms with van der Waals surface area (Å²) in [7, 11) is 0. The lowest BCUT2D eigenvalue weighted by Gasteiger charge is -2.31. The van der Waals surface area contributed by atoms with E-state index in [9.17, 15) is 9.59 Å². The maximum absolute atomic E-state index is 12.7. The van der Waals surface area contributed by atoms with E-state index in [-0.39, 0.29) is 23.9 Å². The lowest BCUT2D eigenvalue weighted by Crippen LogP contribution is -2.50. The van der Waals surface area contributed by atoms with Crippen LogP contribution in [0.4, 0.5) is 0 Å². The van der Waals surface area contributed by atoms with Crippen LogP contribution in [0.3, 0.4) is 0 Å². The fourth-order valence-electron chi connectivity index (χ4n) is 3.27. The fourth-order valence-corrected chi connectivity index (χ4v) is 3.27. The molecule has 1 aromatic carbocycles. The molecule has 0 aliphatic heterocycles. The molecule has 1 aliphatic rings. The minimum absolute atomic E-state index is 0.00266. The van der Waals surface area contributed by atoms with Crippen LogP contribution >= 0.6 is 0 Å². The third-order valence-electron chi connectivity index (χ3n) is 4.59. The summed E-state index contributed by atoms with van der Waals surface area (Å²) in [6.07, 6.45) is 5.54. The molecule has 1 atom stereocenters. The van der Waals surface area contributed by atoms with Crippen LogP contribution in [-0.2, 0) is 16.1 Å². The summed E-state index contributed by atoms with van der Waals surface area (Å²) in [4.78, 5) is 26.8. The van der Waals surface area contributed by atoms with Gasteiger partial charge in [-0.25, -0.2) is 0 Å². The van der Waals surface area contributed by atoms with Gasteiger partial charge in [-0.3, -0.25) is 9.59 Å². The molecule has 0 heterocycles. The second-order valence-electron chi connectivity index (χ2n) is 6.27. The number of carbonyl (C=O) groups excluding carboxylic acids is 2. The normalized spacial score (nSPS) is 16.1. The summed E-state index contributed by atoms with van der Waals surface area (Å²) in [6.45, 7) is 4.31. The van der Waals surface area contributed by atoms with Crippen LogP contribution in [0.15, 0.2) is 30.3 Å². The van der Waals surface area contributed by atoms with Crippen LogP contribution in [0.5, 0.6) is 0 Å². The van der Waals surface area contributed by atoms with Gasteiger partial charge in [0.15, 0.2) is 0 Å². The monoisotopic (exact) mass is 316 g/mol. The second kappa shape index (κ2) is 8.70. The summed E-state index contributed by atoms with van der Waals surface area (Å²) in [5.74, 6) is 0.0272. The van der Waals surface area contributed by atoms with Crippen molar-refractivity contribution in [3.8, 4) is 0 Å². The highest BCUT2D eigenvalue weighted by molar-refractivity contribution is 5.87. The molecule has 4 nitrogen and oxygen atoms in total. The van der Waals surface area contributed by atoms with Crippen molar-refractivity contribution in [1.82, 2.24) is 10.2 Å². The highest BCUT2D eigenvalue weighted by atomic mass is 16.2. The van der Waals surface area contributed by atoms with Gasteiger partial charge in [0.2, 0.25) is 11.8 Å². The number of hydrogen-bond donors (Lipinski definition) is 1. The Kier molecular flexibility index (Phi) is 6.63. The molecule has 23 heavy (non-hydrogen) atoms. The Hall–Kier alpha value is -1.84. The first-order valence-electron chi connectivity index (χ1n) is 8.79. The van der Waals surface area contributed by atoms with Crippen molar-refractivity contribution < 1.29 is 9.59 Å². The van der Waals surface area contributed by atoms with Crippen LogP contribution in [0.2, 0.25) is 0 Å². The second-order valence-corrected chi connectivity index (χ2v) is 6.27. The van der Waals surface area contributed by atoms with E-state index in [1.807, 2.05) is 44.2 Å². The van der Waals surface area contributed by atoms with Crippen LogP contribution in [0.25, 0.3) is 0 Å². The summed E-state index contributed by atoms with van der Waals surface area (Å²) in [6, 6.07) is 9.77. The highest BCUT2D eigenvalue weighted by Gasteiger charge is 2.29. The van der Waals surface area contributed by atoms with Gasteiger partial charge in [-0.1, -0.05) is 57.0 Å². The Labute approximate surface area is 139 Å². The zero-order chi connectivity index (χ0) is 16.7. The SMILES string of the molecule is CCC(=O)N(Cc1ccccc1)[C@H](CC)C(=O)NC1CCCC1. The molecule has 0 bridgehead atoms. The Balaban J connectivity index is 2.10. The van der Waals surface area contributed by atoms with Gasteiger partial charge in [-0.15, -0.1) is 0 Å². The summed E-state index contributed by atoms with van der Waals surface area (Å²) in [5.41, 5.74) is 1.06. The number of rotatable bonds is 7. The Bertz CT molecular complexity index is 509. The molecular formula is C19H28N2O2. The maximum Gasteiger partial charge on any atom is 0.243 e. The number of carbonyl (C=O) groups is 2. The van der Waals surface area contributed by atoms with Gasteiger partial charge in [-0.2, -0.15) is 0 Å². The minimum Gasteiger partial charge on any atom is -0.352 e. The van der Waals surface area contributed by atoms with Gasteiger partial charge in [-0.05, 0) is 24.8 Å². The average molecular weight is 316 g/mol. The molecule has 1 aromatic rings. The standard InChI is InChI=1S/C19H28N2O2/c1-3-17(19(23)20-16-12-8-9-13-16)21(18(22)4-2)14-15-10-6-5-7-11-15/h5-7,10-11,16-17H,3-4,8-9,12-14H2,1-2H3,(H,20,23)/t17-/m1/s1. The topological polar surface area (TPSA) is 49.4 Å².